The molecule has 144 valence electrons. The number of anilines is 2. The van der Waals surface area contributed by atoms with Crippen molar-refractivity contribution in [2.75, 3.05) is 36.4 Å². The zero-order valence-corrected chi connectivity index (χ0v) is 15.9. The standard InChI is InChI=1S/C21H25F2N3O/c1-21(2,3)15-4-7-17(8-5-15)24-20(27)26-12-10-25(11-13-26)19-9-6-16(22)14-18(19)23/h4-9,14H,10-13H2,1-3H3,(H,24,27). The van der Waals surface area contributed by atoms with E-state index in [4.69, 9.17) is 0 Å². The fourth-order valence-electron chi connectivity index (χ4n) is 3.14. The molecule has 1 aliphatic heterocycles. The number of carbonyl (C=O) groups is 1. The van der Waals surface area contributed by atoms with E-state index < -0.39 is 11.6 Å². The van der Waals surface area contributed by atoms with Crippen LogP contribution in [0.4, 0.5) is 25.0 Å². The Morgan fingerprint density at radius 2 is 1.59 bits per heavy atom. The van der Waals surface area contributed by atoms with E-state index in [9.17, 15) is 13.6 Å². The number of carbonyl (C=O) groups excluding carboxylic acids is 1. The smallest absolute Gasteiger partial charge is 0.321 e. The maximum absolute atomic E-state index is 13.9. The number of nitrogens with one attached hydrogen (secondary N) is 1. The third-order valence-corrected chi connectivity index (χ3v) is 4.82. The normalized spacial score (nSPS) is 15.0. The molecule has 0 atom stereocenters. The average molecular weight is 373 g/mol. The lowest BCUT2D eigenvalue weighted by Gasteiger charge is -2.36. The molecule has 1 saturated heterocycles. The van der Waals surface area contributed by atoms with E-state index in [1.807, 2.05) is 29.2 Å². The van der Waals surface area contributed by atoms with Crippen molar-refractivity contribution in [1.82, 2.24) is 4.90 Å². The fourth-order valence-corrected chi connectivity index (χ4v) is 3.14. The second-order valence-corrected chi connectivity index (χ2v) is 7.83. The average Bonchev–Trinajstić information content (AvgIpc) is 2.61. The first kappa shape index (κ1) is 19.1. The van der Waals surface area contributed by atoms with E-state index in [0.717, 1.165) is 11.8 Å². The summed E-state index contributed by atoms with van der Waals surface area (Å²) in [4.78, 5) is 16.0. The van der Waals surface area contributed by atoms with Gasteiger partial charge in [-0.05, 0) is 35.2 Å². The van der Waals surface area contributed by atoms with Crippen molar-refractivity contribution in [1.29, 1.82) is 0 Å². The van der Waals surface area contributed by atoms with Gasteiger partial charge in [0.1, 0.15) is 11.6 Å². The number of amides is 2. The van der Waals surface area contributed by atoms with Crippen LogP contribution < -0.4 is 10.2 Å². The number of hydrogen-bond donors (Lipinski definition) is 1. The van der Waals surface area contributed by atoms with Crippen LogP contribution in [-0.2, 0) is 5.41 Å². The Bertz CT molecular complexity index is 807. The lowest BCUT2D eigenvalue weighted by atomic mass is 9.87. The van der Waals surface area contributed by atoms with Crippen LogP contribution in [0, 0.1) is 11.6 Å². The van der Waals surface area contributed by atoms with Gasteiger partial charge < -0.3 is 15.1 Å². The minimum atomic E-state index is -0.591. The van der Waals surface area contributed by atoms with Gasteiger partial charge in [-0.1, -0.05) is 32.9 Å². The molecule has 2 amide bonds. The first-order chi connectivity index (χ1) is 12.7. The zero-order valence-electron chi connectivity index (χ0n) is 15.9. The maximum atomic E-state index is 13.9. The molecule has 1 N–H and O–H groups in total. The van der Waals surface area contributed by atoms with Gasteiger partial charge in [-0.25, -0.2) is 13.6 Å². The second kappa shape index (κ2) is 7.55. The molecule has 4 nitrogen and oxygen atoms in total. The summed E-state index contributed by atoms with van der Waals surface area (Å²) in [5, 5.41) is 2.91. The molecule has 6 heteroatoms. The van der Waals surface area contributed by atoms with Crippen LogP contribution in [0.5, 0.6) is 0 Å². The third kappa shape index (κ3) is 4.56. The molecule has 1 fully saturated rings. The molecular formula is C21H25F2N3O. The van der Waals surface area contributed by atoms with E-state index in [-0.39, 0.29) is 11.4 Å². The first-order valence-corrected chi connectivity index (χ1v) is 9.10. The van der Waals surface area contributed by atoms with Gasteiger partial charge >= 0.3 is 6.03 Å². The number of hydrogen-bond acceptors (Lipinski definition) is 2. The number of nitrogens with zero attached hydrogens (tertiary/aromatic N) is 2. The van der Waals surface area contributed by atoms with Crippen LogP contribution in [0.1, 0.15) is 26.3 Å². The molecule has 0 saturated carbocycles. The van der Waals surface area contributed by atoms with Crippen molar-refractivity contribution >= 4 is 17.4 Å². The number of benzene rings is 2. The highest BCUT2D eigenvalue weighted by atomic mass is 19.1. The van der Waals surface area contributed by atoms with Crippen LogP contribution >= 0.6 is 0 Å². The largest absolute Gasteiger partial charge is 0.366 e. The molecule has 2 aromatic rings. The Labute approximate surface area is 158 Å². The van der Waals surface area contributed by atoms with Gasteiger partial charge in [0.2, 0.25) is 0 Å². The van der Waals surface area contributed by atoms with Crippen LogP contribution in [-0.4, -0.2) is 37.1 Å². The SMILES string of the molecule is CC(C)(C)c1ccc(NC(=O)N2CCN(c3ccc(F)cc3F)CC2)cc1. The predicted octanol–water partition coefficient (Wildman–Crippen LogP) is 4.62. The lowest BCUT2D eigenvalue weighted by Crippen LogP contribution is -2.50. The Morgan fingerprint density at radius 3 is 2.15 bits per heavy atom. The molecule has 0 unspecified atom stereocenters. The number of halogens is 2. The maximum Gasteiger partial charge on any atom is 0.321 e. The molecular weight excluding hydrogens is 348 g/mol. The van der Waals surface area contributed by atoms with Gasteiger partial charge in [0, 0.05) is 37.9 Å². The van der Waals surface area contributed by atoms with Crippen LogP contribution in [0.15, 0.2) is 42.5 Å². The van der Waals surface area contributed by atoms with Gasteiger partial charge in [-0.2, -0.15) is 0 Å². The molecule has 2 aromatic carbocycles. The molecule has 0 aliphatic carbocycles. The molecule has 1 heterocycles. The summed E-state index contributed by atoms with van der Waals surface area (Å²) in [7, 11) is 0. The highest BCUT2D eigenvalue weighted by Crippen LogP contribution is 2.24. The minimum absolute atomic E-state index is 0.0640. The van der Waals surface area contributed by atoms with E-state index in [0.29, 0.717) is 31.9 Å². The second-order valence-electron chi connectivity index (χ2n) is 7.83. The number of rotatable bonds is 2. The molecule has 0 radical (unpaired) electrons. The molecule has 0 aromatic heterocycles. The molecule has 27 heavy (non-hydrogen) atoms. The van der Waals surface area contributed by atoms with Crippen molar-refractivity contribution in [3.63, 3.8) is 0 Å². The van der Waals surface area contributed by atoms with Gasteiger partial charge in [0.05, 0.1) is 5.69 Å². The van der Waals surface area contributed by atoms with E-state index >= 15 is 0 Å². The van der Waals surface area contributed by atoms with Gasteiger partial charge in [-0.15, -0.1) is 0 Å². The van der Waals surface area contributed by atoms with Gasteiger partial charge in [-0.3, -0.25) is 0 Å². The zero-order chi connectivity index (χ0) is 19.6. The third-order valence-electron chi connectivity index (χ3n) is 4.82. The fraction of sp³-hybridized carbons (Fsp3) is 0.381. The van der Waals surface area contributed by atoms with Crippen molar-refractivity contribution in [3.8, 4) is 0 Å². The summed E-state index contributed by atoms with van der Waals surface area (Å²) >= 11 is 0. The van der Waals surface area contributed by atoms with Crippen LogP contribution in [0.2, 0.25) is 0 Å². The highest BCUT2D eigenvalue weighted by Gasteiger charge is 2.23. The molecule has 1 aliphatic rings. The van der Waals surface area contributed by atoms with E-state index in [2.05, 4.69) is 26.1 Å². The van der Waals surface area contributed by atoms with Crippen molar-refractivity contribution < 1.29 is 13.6 Å². The predicted molar refractivity (Wildman–Crippen MR) is 104 cm³/mol. The highest BCUT2D eigenvalue weighted by molar-refractivity contribution is 5.89. The van der Waals surface area contributed by atoms with E-state index in [1.165, 1.54) is 17.7 Å². The number of piperazine rings is 1. The van der Waals surface area contributed by atoms with Crippen molar-refractivity contribution in [2.45, 2.75) is 26.2 Å². The summed E-state index contributed by atoms with van der Waals surface area (Å²) in [5.74, 6) is -1.17. The van der Waals surface area contributed by atoms with Gasteiger partial charge in [0.25, 0.3) is 0 Å². The van der Waals surface area contributed by atoms with E-state index in [1.54, 1.807) is 4.90 Å². The molecule has 3 rings (SSSR count). The van der Waals surface area contributed by atoms with Crippen LogP contribution in [0.3, 0.4) is 0 Å². The lowest BCUT2D eigenvalue weighted by molar-refractivity contribution is 0.208. The van der Waals surface area contributed by atoms with Crippen molar-refractivity contribution in [2.24, 2.45) is 0 Å². The summed E-state index contributed by atoms with van der Waals surface area (Å²) < 4.78 is 27.0. The number of urea groups is 1. The first-order valence-electron chi connectivity index (χ1n) is 9.10. The molecule has 0 bridgehead atoms. The Balaban J connectivity index is 1.57. The minimum Gasteiger partial charge on any atom is -0.366 e. The Morgan fingerprint density at radius 1 is 0.963 bits per heavy atom. The van der Waals surface area contributed by atoms with Crippen LogP contribution in [0.25, 0.3) is 0 Å². The summed E-state index contributed by atoms with van der Waals surface area (Å²) in [6.45, 7) is 8.38. The summed E-state index contributed by atoms with van der Waals surface area (Å²) in [6, 6.07) is 11.3. The topological polar surface area (TPSA) is 35.6 Å². The summed E-state index contributed by atoms with van der Waals surface area (Å²) in [5.41, 5.74) is 2.39. The van der Waals surface area contributed by atoms with Gasteiger partial charge in [0.15, 0.2) is 0 Å². The molecule has 0 spiro atoms. The van der Waals surface area contributed by atoms with Crippen molar-refractivity contribution in [3.05, 3.63) is 59.7 Å². The monoisotopic (exact) mass is 373 g/mol. The summed E-state index contributed by atoms with van der Waals surface area (Å²) in [6.07, 6.45) is 0. The quantitative estimate of drug-likeness (QED) is 0.834. The Kier molecular flexibility index (Phi) is 5.35. The Hall–Kier alpha value is -2.63.